The van der Waals surface area contributed by atoms with Crippen molar-refractivity contribution in [3.8, 4) is 39.4 Å². The molecule has 0 atom stereocenters. The van der Waals surface area contributed by atoms with Crippen LogP contribution >= 0.6 is 0 Å². The number of aryl methyl sites for hydroxylation is 1. The maximum Gasteiger partial charge on any atom is 0.101 e. The second kappa shape index (κ2) is 10.4. The lowest BCUT2D eigenvalue weighted by molar-refractivity contribution is 0.924. The van der Waals surface area contributed by atoms with Crippen molar-refractivity contribution in [2.45, 2.75) is 19.8 Å². The van der Waals surface area contributed by atoms with Crippen LogP contribution in [0, 0.1) is 11.3 Å². The van der Waals surface area contributed by atoms with E-state index in [9.17, 15) is 5.26 Å². The molecule has 1 heterocycles. The molecular weight excluding hydrogens is 496 g/mol. The van der Waals surface area contributed by atoms with Crippen molar-refractivity contribution in [2.75, 3.05) is 0 Å². The number of rotatable bonds is 5. The van der Waals surface area contributed by atoms with E-state index in [2.05, 4.69) is 127 Å². The standard InChI is InChI=1S/C39H28N2/c1-2-7-26-12-19-36-37(21-26)39(32-18-15-28-8-3-4-9-31(28)22-32)35-11-6-5-10-34(35)38(36)30-16-13-29(14-17-30)33-20-27(23-40)24-41-25-33/h3-6,8-22,24-25H,2,7H2,1H3. The molecule has 7 aromatic rings. The Balaban J connectivity index is 1.49. The van der Waals surface area contributed by atoms with Gasteiger partial charge in [0.05, 0.1) is 5.56 Å². The van der Waals surface area contributed by atoms with Gasteiger partial charge in [-0.25, -0.2) is 0 Å². The van der Waals surface area contributed by atoms with Crippen LogP contribution in [-0.2, 0) is 6.42 Å². The van der Waals surface area contributed by atoms with Gasteiger partial charge in [0.1, 0.15) is 6.07 Å². The van der Waals surface area contributed by atoms with Gasteiger partial charge in [0, 0.05) is 18.0 Å². The molecule has 2 nitrogen and oxygen atoms in total. The zero-order valence-corrected chi connectivity index (χ0v) is 22.9. The average molecular weight is 525 g/mol. The number of benzene rings is 6. The van der Waals surface area contributed by atoms with Gasteiger partial charge in [-0.1, -0.05) is 116 Å². The highest BCUT2D eigenvalue weighted by atomic mass is 14.6. The Labute approximate surface area is 240 Å². The summed E-state index contributed by atoms with van der Waals surface area (Å²) in [6.45, 7) is 2.24. The van der Waals surface area contributed by atoms with Crippen molar-refractivity contribution >= 4 is 32.3 Å². The molecule has 0 spiro atoms. The van der Waals surface area contributed by atoms with Gasteiger partial charge in [-0.15, -0.1) is 0 Å². The molecule has 0 aliphatic carbocycles. The van der Waals surface area contributed by atoms with E-state index in [1.165, 1.54) is 60.1 Å². The lowest BCUT2D eigenvalue weighted by Gasteiger charge is -2.19. The molecule has 0 amide bonds. The van der Waals surface area contributed by atoms with Crippen LogP contribution < -0.4 is 0 Å². The third kappa shape index (κ3) is 4.42. The van der Waals surface area contributed by atoms with Crippen LogP contribution in [0.4, 0.5) is 0 Å². The predicted octanol–water partition coefficient (Wildman–Crippen LogP) is 10.4. The third-order valence-corrected chi connectivity index (χ3v) is 8.04. The first-order valence-electron chi connectivity index (χ1n) is 14.2. The fourth-order valence-electron chi connectivity index (χ4n) is 6.12. The van der Waals surface area contributed by atoms with Crippen LogP contribution in [0.25, 0.3) is 65.7 Å². The molecule has 6 aromatic carbocycles. The number of hydrogen-bond donors (Lipinski definition) is 0. The lowest BCUT2D eigenvalue weighted by Crippen LogP contribution is -1.93. The minimum Gasteiger partial charge on any atom is -0.263 e. The summed E-state index contributed by atoms with van der Waals surface area (Å²) < 4.78 is 0. The van der Waals surface area contributed by atoms with Crippen molar-refractivity contribution in [3.63, 3.8) is 0 Å². The van der Waals surface area contributed by atoms with E-state index < -0.39 is 0 Å². The number of pyridine rings is 1. The Bertz CT molecular complexity index is 2110. The first kappa shape index (κ1) is 24.8. The molecule has 0 unspecified atom stereocenters. The molecule has 0 aliphatic heterocycles. The van der Waals surface area contributed by atoms with Gasteiger partial charge in [0.2, 0.25) is 0 Å². The number of fused-ring (bicyclic) bond motifs is 3. The van der Waals surface area contributed by atoms with Crippen molar-refractivity contribution < 1.29 is 0 Å². The van der Waals surface area contributed by atoms with Crippen molar-refractivity contribution in [1.82, 2.24) is 4.98 Å². The highest BCUT2D eigenvalue weighted by molar-refractivity contribution is 6.21. The van der Waals surface area contributed by atoms with Crippen LogP contribution in [0.1, 0.15) is 24.5 Å². The van der Waals surface area contributed by atoms with Crippen molar-refractivity contribution in [1.29, 1.82) is 5.26 Å². The summed E-state index contributed by atoms with van der Waals surface area (Å²) in [4.78, 5) is 4.25. The van der Waals surface area contributed by atoms with Gasteiger partial charge in [-0.2, -0.15) is 5.26 Å². The van der Waals surface area contributed by atoms with Gasteiger partial charge in [-0.05, 0) is 84.3 Å². The Hall–Kier alpha value is -5.26. The summed E-state index contributed by atoms with van der Waals surface area (Å²) in [6, 6.07) is 44.0. The summed E-state index contributed by atoms with van der Waals surface area (Å²) >= 11 is 0. The molecule has 194 valence electrons. The van der Waals surface area contributed by atoms with Gasteiger partial charge in [0.15, 0.2) is 0 Å². The van der Waals surface area contributed by atoms with Crippen LogP contribution in [0.15, 0.2) is 128 Å². The quantitative estimate of drug-likeness (QED) is 0.210. The lowest BCUT2D eigenvalue weighted by atomic mass is 9.84. The Kier molecular flexibility index (Phi) is 6.26. The van der Waals surface area contributed by atoms with Gasteiger partial charge >= 0.3 is 0 Å². The fourth-order valence-corrected chi connectivity index (χ4v) is 6.12. The van der Waals surface area contributed by atoms with Crippen LogP contribution in [0.5, 0.6) is 0 Å². The molecular formula is C39H28N2. The summed E-state index contributed by atoms with van der Waals surface area (Å²) in [5.41, 5.74) is 8.88. The maximum atomic E-state index is 9.32. The minimum atomic E-state index is 0.565. The molecule has 0 N–H and O–H groups in total. The molecule has 41 heavy (non-hydrogen) atoms. The third-order valence-electron chi connectivity index (χ3n) is 8.04. The number of hydrogen-bond acceptors (Lipinski definition) is 2. The Morgan fingerprint density at radius 1 is 0.561 bits per heavy atom. The normalized spacial score (nSPS) is 11.2. The topological polar surface area (TPSA) is 36.7 Å². The van der Waals surface area contributed by atoms with Crippen LogP contribution in [0.2, 0.25) is 0 Å². The monoisotopic (exact) mass is 524 g/mol. The van der Waals surface area contributed by atoms with Gasteiger partial charge in [0.25, 0.3) is 0 Å². The van der Waals surface area contributed by atoms with Crippen molar-refractivity contribution in [3.05, 3.63) is 139 Å². The fraction of sp³-hybridized carbons (Fsp3) is 0.0769. The number of nitrogens with zero attached hydrogens (tertiary/aromatic N) is 2. The summed E-state index contributed by atoms with van der Waals surface area (Å²) in [6.07, 6.45) is 5.58. The Morgan fingerprint density at radius 2 is 1.22 bits per heavy atom. The molecule has 0 saturated carbocycles. The van der Waals surface area contributed by atoms with E-state index in [1.807, 2.05) is 12.3 Å². The predicted molar refractivity (Wildman–Crippen MR) is 172 cm³/mol. The van der Waals surface area contributed by atoms with Crippen molar-refractivity contribution in [2.24, 2.45) is 0 Å². The van der Waals surface area contributed by atoms with E-state index in [0.717, 1.165) is 24.0 Å². The summed E-state index contributed by atoms with van der Waals surface area (Å²) in [5.74, 6) is 0. The van der Waals surface area contributed by atoms with Crippen LogP contribution in [-0.4, -0.2) is 4.98 Å². The molecule has 0 radical (unpaired) electrons. The summed E-state index contributed by atoms with van der Waals surface area (Å²) in [5, 5.41) is 16.9. The largest absolute Gasteiger partial charge is 0.263 e. The molecule has 0 aliphatic rings. The highest BCUT2D eigenvalue weighted by Crippen LogP contribution is 2.44. The first-order valence-corrected chi connectivity index (χ1v) is 14.2. The maximum absolute atomic E-state index is 9.32. The Morgan fingerprint density at radius 3 is 1.98 bits per heavy atom. The minimum absolute atomic E-state index is 0.565. The van der Waals surface area contributed by atoms with Gasteiger partial charge < -0.3 is 0 Å². The average Bonchev–Trinajstić information content (AvgIpc) is 3.03. The van der Waals surface area contributed by atoms with Crippen LogP contribution in [0.3, 0.4) is 0 Å². The van der Waals surface area contributed by atoms with E-state index >= 15 is 0 Å². The summed E-state index contributed by atoms with van der Waals surface area (Å²) in [7, 11) is 0. The molecule has 7 rings (SSSR count). The molecule has 0 fully saturated rings. The SMILES string of the molecule is CCCc1ccc2c(-c3ccc(-c4cncc(C#N)c4)cc3)c3ccccc3c(-c3ccc4ccccc4c3)c2c1. The van der Waals surface area contributed by atoms with E-state index in [0.29, 0.717) is 5.56 Å². The molecule has 0 saturated heterocycles. The number of nitriles is 1. The first-order chi connectivity index (χ1) is 20.2. The second-order valence-corrected chi connectivity index (χ2v) is 10.6. The smallest absolute Gasteiger partial charge is 0.101 e. The van der Waals surface area contributed by atoms with E-state index in [4.69, 9.17) is 0 Å². The van der Waals surface area contributed by atoms with E-state index in [-0.39, 0.29) is 0 Å². The molecule has 2 heteroatoms. The zero-order chi connectivity index (χ0) is 27.8. The van der Waals surface area contributed by atoms with Gasteiger partial charge in [-0.3, -0.25) is 4.98 Å². The highest BCUT2D eigenvalue weighted by Gasteiger charge is 2.17. The molecule has 0 bridgehead atoms. The second-order valence-electron chi connectivity index (χ2n) is 10.6. The zero-order valence-electron chi connectivity index (χ0n) is 22.9. The number of aromatic nitrogens is 1. The van der Waals surface area contributed by atoms with E-state index in [1.54, 1.807) is 6.20 Å². The molecule has 1 aromatic heterocycles.